The molecule has 1 atom stereocenters. The number of nitrogens with zero attached hydrogens (tertiary/aromatic N) is 1. The summed E-state index contributed by atoms with van der Waals surface area (Å²) in [6.45, 7) is 11.6. The molecule has 0 saturated carbocycles. The first-order chi connectivity index (χ1) is 9.03. The fraction of sp³-hybridized carbons (Fsp3) is 0.647. The van der Waals surface area contributed by atoms with Crippen LogP contribution in [-0.2, 0) is 6.54 Å². The molecule has 1 unspecified atom stereocenters. The van der Waals surface area contributed by atoms with Gasteiger partial charge >= 0.3 is 0 Å². The van der Waals surface area contributed by atoms with Crippen molar-refractivity contribution >= 4 is 0 Å². The molecule has 1 aliphatic heterocycles. The van der Waals surface area contributed by atoms with Gasteiger partial charge in [-0.1, -0.05) is 51.1 Å². The first-order valence-electron chi connectivity index (χ1n) is 7.53. The van der Waals surface area contributed by atoms with E-state index in [2.05, 4.69) is 61.3 Å². The topological polar surface area (TPSA) is 15.3 Å². The van der Waals surface area contributed by atoms with Gasteiger partial charge in [0.15, 0.2) is 0 Å². The second-order valence-corrected chi connectivity index (χ2v) is 6.97. The fourth-order valence-electron chi connectivity index (χ4n) is 2.64. The van der Waals surface area contributed by atoms with Crippen LogP contribution in [0, 0.1) is 5.41 Å². The van der Waals surface area contributed by atoms with Gasteiger partial charge in [-0.3, -0.25) is 4.90 Å². The first kappa shape index (κ1) is 14.5. The van der Waals surface area contributed by atoms with Crippen molar-refractivity contribution in [3.05, 3.63) is 35.9 Å². The minimum absolute atomic E-state index is 0.440. The summed E-state index contributed by atoms with van der Waals surface area (Å²) in [5.74, 6) is 0. The van der Waals surface area contributed by atoms with Crippen LogP contribution in [0.4, 0.5) is 0 Å². The van der Waals surface area contributed by atoms with E-state index >= 15 is 0 Å². The van der Waals surface area contributed by atoms with E-state index in [-0.39, 0.29) is 0 Å². The Kier molecular flexibility index (Phi) is 5.00. The van der Waals surface area contributed by atoms with Gasteiger partial charge in [-0.25, -0.2) is 0 Å². The van der Waals surface area contributed by atoms with Crippen molar-refractivity contribution in [1.29, 1.82) is 0 Å². The average Bonchev–Trinajstić information content (AvgIpc) is 2.76. The number of hydrogen-bond donors (Lipinski definition) is 1. The minimum atomic E-state index is 0.440. The lowest BCUT2D eigenvalue weighted by atomic mass is 9.92. The predicted molar refractivity (Wildman–Crippen MR) is 82.2 cm³/mol. The van der Waals surface area contributed by atoms with Gasteiger partial charge in [0.25, 0.3) is 0 Å². The molecule has 2 nitrogen and oxygen atoms in total. The molecule has 0 radical (unpaired) electrons. The molecule has 0 bridgehead atoms. The average molecular weight is 260 g/mol. The van der Waals surface area contributed by atoms with Crippen LogP contribution in [0.25, 0.3) is 0 Å². The molecule has 0 amide bonds. The lowest BCUT2D eigenvalue weighted by molar-refractivity contribution is 0.312. The maximum atomic E-state index is 3.71. The summed E-state index contributed by atoms with van der Waals surface area (Å²) >= 11 is 0. The molecule has 106 valence electrons. The van der Waals surface area contributed by atoms with Gasteiger partial charge < -0.3 is 5.32 Å². The number of nitrogens with one attached hydrogen (secondary N) is 1. The van der Waals surface area contributed by atoms with Crippen molar-refractivity contribution in [3.8, 4) is 0 Å². The van der Waals surface area contributed by atoms with E-state index in [0.29, 0.717) is 11.5 Å². The molecule has 1 aromatic rings. The van der Waals surface area contributed by atoms with E-state index in [1.807, 2.05) is 0 Å². The maximum absolute atomic E-state index is 3.71. The Labute approximate surface area is 118 Å². The van der Waals surface area contributed by atoms with E-state index in [1.165, 1.54) is 31.5 Å². The van der Waals surface area contributed by atoms with Crippen molar-refractivity contribution in [1.82, 2.24) is 10.2 Å². The Morgan fingerprint density at radius 2 is 1.95 bits per heavy atom. The standard InChI is InChI=1S/C17H28N2/c1-17(2,3)10-11-18-16-9-12-19(14-16)13-15-7-5-4-6-8-15/h4-8,16,18H,9-14H2,1-3H3. The van der Waals surface area contributed by atoms with E-state index in [0.717, 1.165) is 13.1 Å². The second-order valence-electron chi connectivity index (χ2n) is 6.97. The lowest BCUT2D eigenvalue weighted by Crippen LogP contribution is -2.34. The van der Waals surface area contributed by atoms with Crippen LogP contribution in [0.3, 0.4) is 0 Å². The smallest absolute Gasteiger partial charge is 0.0234 e. The van der Waals surface area contributed by atoms with Crippen molar-refractivity contribution in [2.75, 3.05) is 19.6 Å². The third-order valence-electron chi connectivity index (χ3n) is 3.83. The largest absolute Gasteiger partial charge is 0.313 e. The Morgan fingerprint density at radius 3 is 2.63 bits per heavy atom. The third kappa shape index (κ3) is 5.33. The zero-order valence-electron chi connectivity index (χ0n) is 12.7. The van der Waals surface area contributed by atoms with Crippen LogP contribution in [0.15, 0.2) is 30.3 Å². The van der Waals surface area contributed by atoms with Gasteiger partial charge in [-0.15, -0.1) is 0 Å². The highest BCUT2D eigenvalue weighted by molar-refractivity contribution is 5.14. The van der Waals surface area contributed by atoms with Gasteiger partial charge in [-0.2, -0.15) is 0 Å². The molecule has 0 aliphatic carbocycles. The van der Waals surface area contributed by atoms with Gasteiger partial charge in [0.05, 0.1) is 0 Å². The minimum Gasteiger partial charge on any atom is -0.313 e. The Morgan fingerprint density at radius 1 is 1.21 bits per heavy atom. The normalized spacial score (nSPS) is 20.9. The zero-order chi connectivity index (χ0) is 13.7. The van der Waals surface area contributed by atoms with Crippen LogP contribution < -0.4 is 5.32 Å². The molecular formula is C17H28N2. The fourth-order valence-corrected chi connectivity index (χ4v) is 2.64. The van der Waals surface area contributed by atoms with Crippen molar-refractivity contribution < 1.29 is 0 Å². The van der Waals surface area contributed by atoms with Crippen LogP contribution in [-0.4, -0.2) is 30.6 Å². The molecule has 1 aliphatic rings. The van der Waals surface area contributed by atoms with Crippen LogP contribution >= 0.6 is 0 Å². The summed E-state index contributed by atoms with van der Waals surface area (Å²) in [7, 11) is 0. The molecular weight excluding hydrogens is 232 g/mol. The van der Waals surface area contributed by atoms with Crippen molar-refractivity contribution in [3.63, 3.8) is 0 Å². The van der Waals surface area contributed by atoms with Gasteiger partial charge in [-0.05, 0) is 30.4 Å². The molecule has 0 spiro atoms. The molecule has 1 saturated heterocycles. The number of likely N-dealkylation sites (tertiary alicyclic amines) is 1. The van der Waals surface area contributed by atoms with Crippen molar-refractivity contribution in [2.24, 2.45) is 5.41 Å². The summed E-state index contributed by atoms with van der Waals surface area (Å²) in [5.41, 5.74) is 1.87. The molecule has 1 fully saturated rings. The monoisotopic (exact) mass is 260 g/mol. The molecule has 1 heterocycles. The summed E-state index contributed by atoms with van der Waals surface area (Å²) in [6, 6.07) is 11.5. The second kappa shape index (κ2) is 6.53. The van der Waals surface area contributed by atoms with Gasteiger partial charge in [0.1, 0.15) is 0 Å². The highest BCUT2D eigenvalue weighted by atomic mass is 15.2. The summed E-state index contributed by atoms with van der Waals surface area (Å²) in [4.78, 5) is 2.56. The highest BCUT2D eigenvalue weighted by Crippen LogP contribution is 2.18. The summed E-state index contributed by atoms with van der Waals surface area (Å²) < 4.78 is 0. The van der Waals surface area contributed by atoms with Crippen LogP contribution in [0.1, 0.15) is 39.2 Å². The third-order valence-corrected chi connectivity index (χ3v) is 3.83. The number of rotatable bonds is 5. The molecule has 19 heavy (non-hydrogen) atoms. The van der Waals surface area contributed by atoms with E-state index in [4.69, 9.17) is 0 Å². The Hall–Kier alpha value is -0.860. The summed E-state index contributed by atoms with van der Waals surface area (Å²) in [6.07, 6.45) is 2.54. The number of benzene rings is 1. The molecule has 2 rings (SSSR count). The van der Waals surface area contributed by atoms with E-state index in [1.54, 1.807) is 0 Å². The zero-order valence-corrected chi connectivity index (χ0v) is 12.7. The summed E-state index contributed by atoms with van der Waals surface area (Å²) in [5, 5.41) is 3.71. The molecule has 0 aromatic heterocycles. The van der Waals surface area contributed by atoms with Crippen LogP contribution in [0.2, 0.25) is 0 Å². The maximum Gasteiger partial charge on any atom is 0.0234 e. The SMILES string of the molecule is CC(C)(C)CCNC1CCN(Cc2ccccc2)C1. The lowest BCUT2D eigenvalue weighted by Gasteiger charge is -2.21. The highest BCUT2D eigenvalue weighted by Gasteiger charge is 2.22. The molecule has 1 N–H and O–H groups in total. The van der Waals surface area contributed by atoms with Gasteiger partial charge in [0, 0.05) is 25.7 Å². The van der Waals surface area contributed by atoms with E-state index in [9.17, 15) is 0 Å². The first-order valence-corrected chi connectivity index (χ1v) is 7.53. The van der Waals surface area contributed by atoms with E-state index < -0.39 is 0 Å². The number of hydrogen-bond acceptors (Lipinski definition) is 2. The molecule has 2 heteroatoms. The van der Waals surface area contributed by atoms with Gasteiger partial charge in [0.2, 0.25) is 0 Å². The van der Waals surface area contributed by atoms with Crippen molar-refractivity contribution in [2.45, 2.75) is 46.2 Å². The quantitative estimate of drug-likeness (QED) is 0.874. The van der Waals surface area contributed by atoms with Crippen LogP contribution in [0.5, 0.6) is 0 Å². The Bertz CT molecular complexity index is 367. The molecule has 1 aromatic carbocycles. The predicted octanol–water partition coefficient (Wildman–Crippen LogP) is 3.29. The Balaban J connectivity index is 1.69.